The Morgan fingerprint density at radius 3 is 2.29 bits per heavy atom. The fourth-order valence-electron chi connectivity index (χ4n) is 3.57. The summed E-state index contributed by atoms with van der Waals surface area (Å²) in [7, 11) is 0. The first kappa shape index (κ1) is 20.3. The van der Waals surface area contributed by atoms with Gasteiger partial charge >= 0.3 is 5.97 Å². The first-order chi connectivity index (χ1) is 15.1. The van der Waals surface area contributed by atoms with Crippen LogP contribution in [0.5, 0.6) is 5.75 Å². The largest absolute Gasteiger partial charge is 0.426 e. The average molecular weight is 410 g/mol. The van der Waals surface area contributed by atoms with E-state index in [9.17, 15) is 9.59 Å². The summed E-state index contributed by atoms with van der Waals surface area (Å²) in [5.41, 5.74) is 3.34. The maximum Gasteiger partial charge on any atom is 0.308 e. The zero-order valence-corrected chi connectivity index (χ0v) is 17.1. The first-order valence-corrected chi connectivity index (χ1v) is 10.1. The number of benzene rings is 3. The Hall–Kier alpha value is -3.99. The number of carbonyl (C=O) groups excluding carboxylic acids is 2. The Bertz CT molecular complexity index is 1140. The van der Waals surface area contributed by atoms with Crippen molar-refractivity contribution in [3.05, 3.63) is 108 Å². The van der Waals surface area contributed by atoms with Crippen LogP contribution in [0.2, 0.25) is 0 Å². The monoisotopic (exact) mass is 410 g/mol. The van der Waals surface area contributed by atoms with Crippen LogP contribution in [0, 0.1) is 0 Å². The van der Waals surface area contributed by atoms with Gasteiger partial charge in [0.25, 0.3) is 5.91 Å². The molecule has 0 saturated heterocycles. The molecule has 5 nitrogen and oxygen atoms in total. The average Bonchev–Trinajstić information content (AvgIpc) is 3.24. The van der Waals surface area contributed by atoms with Crippen molar-refractivity contribution in [2.75, 3.05) is 0 Å². The quantitative estimate of drug-likeness (QED) is 0.338. The van der Waals surface area contributed by atoms with Crippen molar-refractivity contribution < 1.29 is 14.3 Å². The van der Waals surface area contributed by atoms with Gasteiger partial charge in [0.1, 0.15) is 5.75 Å². The normalized spacial score (nSPS) is 15.7. The molecule has 4 rings (SSSR count). The van der Waals surface area contributed by atoms with E-state index in [2.05, 4.69) is 5.10 Å². The van der Waals surface area contributed by atoms with Crippen LogP contribution < -0.4 is 4.74 Å². The minimum atomic E-state index is -0.399. The zero-order chi connectivity index (χ0) is 21.6. The summed E-state index contributed by atoms with van der Waals surface area (Å²) in [6.45, 7) is 1.37. The molecule has 5 heteroatoms. The lowest BCUT2D eigenvalue weighted by Crippen LogP contribution is -2.25. The van der Waals surface area contributed by atoms with Gasteiger partial charge in [-0.1, -0.05) is 72.8 Å². The smallest absolute Gasteiger partial charge is 0.308 e. The molecule has 1 aliphatic rings. The fraction of sp³-hybridized carbons (Fsp3) is 0.115. The number of nitrogens with zero attached hydrogens (tertiary/aromatic N) is 2. The molecule has 0 bridgehead atoms. The molecular formula is C26H22N2O3. The third-order valence-corrected chi connectivity index (χ3v) is 4.99. The van der Waals surface area contributed by atoms with Crippen molar-refractivity contribution in [3.8, 4) is 5.75 Å². The van der Waals surface area contributed by atoms with Crippen molar-refractivity contribution in [1.29, 1.82) is 0 Å². The van der Waals surface area contributed by atoms with Gasteiger partial charge < -0.3 is 4.74 Å². The SMILES string of the molecule is CC(=O)Oc1ccccc1C1=NN(C(=O)/C=C/c2ccccc2)[C@H](c2ccccc2)C1. The molecular weight excluding hydrogens is 388 g/mol. The molecule has 1 amide bonds. The lowest BCUT2D eigenvalue weighted by molar-refractivity contribution is -0.132. The molecule has 1 aliphatic heterocycles. The number of ether oxygens (including phenoxy) is 1. The van der Waals surface area contributed by atoms with Crippen molar-refractivity contribution in [1.82, 2.24) is 5.01 Å². The van der Waals surface area contributed by atoms with Crippen LogP contribution in [0.25, 0.3) is 6.08 Å². The molecule has 0 saturated carbocycles. The van der Waals surface area contributed by atoms with Crippen LogP contribution in [0.1, 0.15) is 36.1 Å². The van der Waals surface area contributed by atoms with Gasteiger partial charge in [0.2, 0.25) is 0 Å². The van der Waals surface area contributed by atoms with Crippen LogP contribution in [0.4, 0.5) is 0 Å². The molecule has 0 radical (unpaired) electrons. The van der Waals surface area contributed by atoms with Crippen LogP contribution in [-0.2, 0) is 9.59 Å². The summed E-state index contributed by atoms with van der Waals surface area (Å²) in [5.74, 6) is -0.170. The minimum Gasteiger partial charge on any atom is -0.426 e. The summed E-state index contributed by atoms with van der Waals surface area (Å²) < 4.78 is 5.36. The number of para-hydroxylation sites is 1. The van der Waals surface area contributed by atoms with Gasteiger partial charge in [0.15, 0.2) is 0 Å². The van der Waals surface area contributed by atoms with Crippen LogP contribution >= 0.6 is 0 Å². The van der Waals surface area contributed by atoms with Crippen molar-refractivity contribution in [2.45, 2.75) is 19.4 Å². The third kappa shape index (κ3) is 4.78. The highest BCUT2D eigenvalue weighted by Crippen LogP contribution is 2.35. The van der Waals surface area contributed by atoms with Crippen LogP contribution in [-0.4, -0.2) is 22.6 Å². The van der Waals surface area contributed by atoms with E-state index in [1.54, 1.807) is 18.2 Å². The molecule has 3 aromatic carbocycles. The second-order valence-corrected chi connectivity index (χ2v) is 7.19. The molecule has 1 atom stereocenters. The predicted molar refractivity (Wildman–Crippen MR) is 120 cm³/mol. The van der Waals surface area contributed by atoms with E-state index in [4.69, 9.17) is 4.74 Å². The van der Waals surface area contributed by atoms with E-state index in [0.29, 0.717) is 23.4 Å². The second kappa shape index (κ2) is 9.22. The highest BCUT2D eigenvalue weighted by atomic mass is 16.5. The number of hydrogen-bond donors (Lipinski definition) is 0. The van der Waals surface area contributed by atoms with Gasteiger partial charge in [-0.2, -0.15) is 5.10 Å². The number of carbonyl (C=O) groups is 2. The molecule has 0 fully saturated rings. The standard InChI is InChI=1S/C26H22N2O3/c1-19(29)31-25-15-9-8-14-22(25)23-18-24(21-12-6-3-7-13-21)28(27-23)26(30)17-16-20-10-4-2-5-11-20/h2-17,24H,18H2,1H3/b17-16+/t24-/m0/s1. The summed E-state index contributed by atoms with van der Waals surface area (Å²) in [4.78, 5) is 24.6. The molecule has 0 aromatic heterocycles. The number of rotatable bonds is 5. The molecule has 0 unspecified atom stereocenters. The Balaban J connectivity index is 1.68. The summed E-state index contributed by atoms with van der Waals surface area (Å²) >= 11 is 0. The van der Waals surface area contributed by atoms with E-state index in [1.165, 1.54) is 18.0 Å². The topological polar surface area (TPSA) is 59.0 Å². The number of amides is 1. The summed E-state index contributed by atoms with van der Waals surface area (Å²) in [6, 6.07) is 26.5. The molecule has 0 N–H and O–H groups in total. The summed E-state index contributed by atoms with van der Waals surface area (Å²) in [5, 5.41) is 6.16. The van der Waals surface area contributed by atoms with Gasteiger partial charge in [0.05, 0.1) is 11.8 Å². The van der Waals surface area contributed by atoms with Gasteiger partial charge in [-0.05, 0) is 29.3 Å². The van der Waals surface area contributed by atoms with E-state index in [0.717, 1.165) is 11.1 Å². The molecule has 0 aliphatic carbocycles. The molecule has 0 spiro atoms. The number of esters is 1. The van der Waals surface area contributed by atoms with Gasteiger partial charge in [0, 0.05) is 25.0 Å². The second-order valence-electron chi connectivity index (χ2n) is 7.19. The molecule has 31 heavy (non-hydrogen) atoms. The maximum atomic E-state index is 13.1. The van der Waals surface area contributed by atoms with Crippen molar-refractivity contribution >= 4 is 23.7 Å². The summed E-state index contributed by atoms with van der Waals surface area (Å²) in [6.07, 6.45) is 3.84. The lowest BCUT2D eigenvalue weighted by atomic mass is 9.98. The fourth-order valence-corrected chi connectivity index (χ4v) is 3.57. The first-order valence-electron chi connectivity index (χ1n) is 10.1. The third-order valence-electron chi connectivity index (χ3n) is 4.99. The lowest BCUT2D eigenvalue weighted by Gasteiger charge is -2.20. The highest BCUT2D eigenvalue weighted by Gasteiger charge is 2.33. The number of hydrazone groups is 1. The van der Waals surface area contributed by atoms with E-state index in [-0.39, 0.29) is 11.9 Å². The Morgan fingerprint density at radius 1 is 0.935 bits per heavy atom. The van der Waals surface area contributed by atoms with Gasteiger partial charge in [-0.25, -0.2) is 5.01 Å². The minimum absolute atomic E-state index is 0.210. The van der Waals surface area contributed by atoms with Gasteiger partial charge in [-0.15, -0.1) is 0 Å². The molecule has 1 heterocycles. The van der Waals surface area contributed by atoms with Gasteiger partial charge in [-0.3, -0.25) is 9.59 Å². The predicted octanol–water partition coefficient (Wildman–Crippen LogP) is 5.00. The Kier molecular flexibility index (Phi) is 6.03. The zero-order valence-electron chi connectivity index (χ0n) is 17.1. The van der Waals surface area contributed by atoms with E-state index < -0.39 is 5.97 Å². The Morgan fingerprint density at radius 2 is 1.58 bits per heavy atom. The highest BCUT2D eigenvalue weighted by molar-refractivity contribution is 6.06. The molecule has 3 aromatic rings. The maximum absolute atomic E-state index is 13.1. The van der Waals surface area contributed by atoms with Crippen molar-refractivity contribution in [2.24, 2.45) is 5.10 Å². The van der Waals surface area contributed by atoms with E-state index in [1.807, 2.05) is 72.8 Å². The van der Waals surface area contributed by atoms with Crippen molar-refractivity contribution in [3.63, 3.8) is 0 Å². The molecule has 154 valence electrons. The van der Waals surface area contributed by atoms with Crippen LogP contribution in [0.3, 0.4) is 0 Å². The van der Waals surface area contributed by atoms with E-state index >= 15 is 0 Å². The Labute approximate surface area is 181 Å². The number of hydrogen-bond acceptors (Lipinski definition) is 4. The van der Waals surface area contributed by atoms with Crippen LogP contribution in [0.15, 0.2) is 96.1 Å².